The number of aromatic hydroxyl groups is 1. The van der Waals surface area contributed by atoms with Crippen molar-refractivity contribution >= 4 is 40.3 Å². The molecular formula is C26H29NO4S2. The normalized spacial score (nSPS) is 17.4. The van der Waals surface area contributed by atoms with Crippen LogP contribution >= 0.6 is 24.0 Å². The summed E-state index contributed by atoms with van der Waals surface area (Å²) in [6.45, 7) is 13.0. The van der Waals surface area contributed by atoms with Crippen molar-refractivity contribution < 1.29 is 19.4 Å². The molecule has 2 aliphatic heterocycles. The summed E-state index contributed by atoms with van der Waals surface area (Å²) in [6.07, 6.45) is 1.88. The van der Waals surface area contributed by atoms with Crippen LogP contribution < -0.4 is 9.47 Å². The van der Waals surface area contributed by atoms with Crippen LogP contribution in [-0.4, -0.2) is 27.0 Å². The van der Waals surface area contributed by atoms with E-state index in [0.29, 0.717) is 33.0 Å². The molecule has 1 amide bonds. The molecule has 0 aliphatic carbocycles. The number of ether oxygens (including phenoxy) is 2. The average molecular weight is 484 g/mol. The van der Waals surface area contributed by atoms with E-state index in [1.54, 1.807) is 4.90 Å². The minimum atomic E-state index is -0.244. The van der Waals surface area contributed by atoms with Gasteiger partial charge in [-0.2, -0.15) is 0 Å². The number of carbonyl (C=O) groups is 1. The summed E-state index contributed by atoms with van der Waals surface area (Å²) in [5.74, 6) is 1.59. The summed E-state index contributed by atoms with van der Waals surface area (Å²) in [5.41, 5.74) is 3.03. The van der Waals surface area contributed by atoms with Gasteiger partial charge in [-0.15, -0.1) is 0 Å². The molecule has 0 saturated carbocycles. The molecule has 2 heterocycles. The number of rotatable bonds is 3. The van der Waals surface area contributed by atoms with Crippen molar-refractivity contribution in [1.29, 1.82) is 0 Å². The number of thioether (sulfide) groups is 1. The highest BCUT2D eigenvalue weighted by molar-refractivity contribution is 8.26. The monoisotopic (exact) mass is 483 g/mol. The van der Waals surface area contributed by atoms with Crippen molar-refractivity contribution in [2.45, 2.75) is 58.9 Å². The highest BCUT2D eigenvalue weighted by atomic mass is 32.2. The van der Waals surface area contributed by atoms with E-state index >= 15 is 0 Å². The smallest absolute Gasteiger partial charge is 0.266 e. The number of nitrogens with zero attached hydrogens (tertiary/aromatic N) is 1. The third kappa shape index (κ3) is 4.75. The molecule has 0 radical (unpaired) electrons. The molecule has 7 heteroatoms. The summed E-state index contributed by atoms with van der Waals surface area (Å²) in [6, 6.07) is 9.59. The Morgan fingerprint density at radius 1 is 1.03 bits per heavy atom. The fourth-order valence-corrected chi connectivity index (χ4v) is 5.15. The average Bonchev–Trinajstić information content (AvgIpc) is 3.27. The third-order valence-electron chi connectivity index (χ3n) is 5.70. The van der Waals surface area contributed by atoms with Crippen LogP contribution in [-0.2, 0) is 22.2 Å². The van der Waals surface area contributed by atoms with Gasteiger partial charge in [0.05, 0.1) is 11.4 Å². The van der Waals surface area contributed by atoms with Crippen LogP contribution in [0.5, 0.6) is 17.2 Å². The molecule has 2 aromatic carbocycles. The van der Waals surface area contributed by atoms with Crippen LogP contribution in [0.3, 0.4) is 0 Å². The molecule has 0 spiro atoms. The van der Waals surface area contributed by atoms with Crippen LogP contribution in [0.2, 0.25) is 0 Å². The molecule has 0 atom stereocenters. The van der Waals surface area contributed by atoms with Gasteiger partial charge in [-0.25, -0.2) is 0 Å². The Balaban J connectivity index is 1.66. The van der Waals surface area contributed by atoms with Crippen molar-refractivity contribution in [2.75, 3.05) is 6.79 Å². The van der Waals surface area contributed by atoms with Gasteiger partial charge in [0.15, 0.2) is 11.5 Å². The van der Waals surface area contributed by atoms with E-state index in [-0.39, 0.29) is 23.5 Å². The zero-order valence-corrected chi connectivity index (χ0v) is 21.4. The summed E-state index contributed by atoms with van der Waals surface area (Å²) in [7, 11) is 0. The fourth-order valence-electron chi connectivity index (χ4n) is 3.89. The van der Waals surface area contributed by atoms with E-state index in [1.165, 1.54) is 11.8 Å². The zero-order valence-electron chi connectivity index (χ0n) is 19.8. The highest BCUT2D eigenvalue weighted by Crippen LogP contribution is 2.41. The number of phenols is 1. The zero-order chi connectivity index (χ0) is 24.1. The lowest BCUT2D eigenvalue weighted by molar-refractivity contribution is -0.122. The second-order valence-electron chi connectivity index (χ2n) is 10.4. The van der Waals surface area contributed by atoms with E-state index in [0.717, 1.165) is 22.3 Å². The summed E-state index contributed by atoms with van der Waals surface area (Å²) < 4.78 is 11.3. The molecule has 0 unspecified atom stereocenters. The van der Waals surface area contributed by atoms with Gasteiger partial charge >= 0.3 is 0 Å². The van der Waals surface area contributed by atoms with E-state index in [2.05, 4.69) is 41.5 Å². The Kier molecular flexibility index (Phi) is 5.99. The van der Waals surface area contributed by atoms with Crippen LogP contribution in [0.1, 0.15) is 63.8 Å². The summed E-state index contributed by atoms with van der Waals surface area (Å²) >= 11 is 6.83. The predicted octanol–water partition coefficient (Wildman–Crippen LogP) is 6.12. The summed E-state index contributed by atoms with van der Waals surface area (Å²) in [4.78, 5) is 15.4. The lowest BCUT2D eigenvalue weighted by Crippen LogP contribution is -2.27. The van der Waals surface area contributed by atoms with Crippen molar-refractivity contribution in [3.05, 3.63) is 57.5 Å². The van der Waals surface area contributed by atoms with Gasteiger partial charge in [-0.3, -0.25) is 9.69 Å². The fraction of sp³-hybridized carbons (Fsp3) is 0.385. The van der Waals surface area contributed by atoms with Crippen LogP contribution in [0.4, 0.5) is 0 Å². The quantitative estimate of drug-likeness (QED) is 0.419. The number of fused-ring (bicyclic) bond motifs is 1. The second-order valence-corrected chi connectivity index (χ2v) is 12.1. The topological polar surface area (TPSA) is 59.0 Å². The number of hydrogen-bond donors (Lipinski definition) is 1. The van der Waals surface area contributed by atoms with Gasteiger partial charge < -0.3 is 14.6 Å². The number of carbonyl (C=O) groups excluding carboxylic acids is 1. The first-order valence-electron chi connectivity index (χ1n) is 10.9. The van der Waals surface area contributed by atoms with E-state index < -0.39 is 0 Å². The first kappa shape index (κ1) is 23.6. The lowest BCUT2D eigenvalue weighted by atomic mass is 9.78. The molecular weight excluding hydrogens is 454 g/mol. The Bertz CT molecular complexity index is 1140. The molecule has 33 heavy (non-hydrogen) atoms. The lowest BCUT2D eigenvalue weighted by Gasteiger charge is -2.28. The Labute approximate surface area is 204 Å². The maximum atomic E-state index is 13.2. The molecule has 0 aromatic heterocycles. The largest absolute Gasteiger partial charge is 0.507 e. The predicted molar refractivity (Wildman–Crippen MR) is 137 cm³/mol. The third-order valence-corrected chi connectivity index (χ3v) is 7.08. The molecule has 174 valence electrons. The van der Waals surface area contributed by atoms with Crippen molar-refractivity contribution in [3.8, 4) is 17.2 Å². The number of thiocarbonyl (C=S) groups is 1. The number of amides is 1. The van der Waals surface area contributed by atoms with Crippen molar-refractivity contribution in [3.63, 3.8) is 0 Å². The molecule has 1 N–H and O–H groups in total. The number of phenolic OH excluding ortho intramolecular Hbond substituents is 1. The minimum Gasteiger partial charge on any atom is -0.507 e. The van der Waals surface area contributed by atoms with Gasteiger partial charge in [0.25, 0.3) is 5.91 Å². The molecule has 4 rings (SSSR count). The number of hydrogen-bond acceptors (Lipinski definition) is 6. The maximum Gasteiger partial charge on any atom is 0.266 e. The van der Waals surface area contributed by atoms with Gasteiger partial charge in [-0.05, 0) is 52.3 Å². The van der Waals surface area contributed by atoms with Gasteiger partial charge in [0, 0.05) is 11.1 Å². The van der Waals surface area contributed by atoms with Crippen molar-refractivity contribution in [1.82, 2.24) is 4.90 Å². The molecule has 0 bridgehead atoms. The van der Waals surface area contributed by atoms with Crippen molar-refractivity contribution in [2.24, 2.45) is 0 Å². The SMILES string of the molecule is CC(C)(C)c1cc(/C=C2\SC(=S)N(Cc3ccc4c(c3)OCO4)C2=O)cc(C(C)(C)C)c1O. The van der Waals surface area contributed by atoms with Gasteiger partial charge in [-0.1, -0.05) is 71.6 Å². The minimum absolute atomic E-state index is 0.120. The Morgan fingerprint density at radius 3 is 2.24 bits per heavy atom. The first-order valence-corrected chi connectivity index (χ1v) is 12.1. The Morgan fingerprint density at radius 2 is 1.64 bits per heavy atom. The van der Waals surface area contributed by atoms with Crippen LogP contribution in [0, 0.1) is 0 Å². The van der Waals surface area contributed by atoms with E-state index in [4.69, 9.17) is 21.7 Å². The first-order chi connectivity index (χ1) is 15.3. The van der Waals surface area contributed by atoms with E-state index in [9.17, 15) is 9.90 Å². The number of benzene rings is 2. The Hall–Kier alpha value is -2.51. The van der Waals surface area contributed by atoms with Gasteiger partial charge in [0.1, 0.15) is 10.1 Å². The molecule has 2 aromatic rings. The highest BCUT2D eigenvalue weighted by Gasteiger charge is 2.33. The molecule has 2 aliphatic rings. The molecule has 5 nitrogen and oxygen atoms in total. The van der Waals surface area contributed by atoms with Crippen LogP contribution in [0.15, 0.2) is 35.2 Å². The second kappa shape index (κ2) is 8.37. The standard InChI is InChI=1S/C26H29NO4S2/c1-25(2,3)17-9-16(10-18(22(17)28)26(4,5)6)12-21-23(29)27(24(32)33-21)13-15-7-8-19-20(11-15)31-14-30-19/h7-12,28H,13-14H2,1-6H3/b21-12-. The summed E-state index contributed by atoms with van der Waals surface area (Å²) in [5, 5.41) is 11.0. The maximum absolute atomic E-state index is 13.2. The van der Waals surface area contributed by atoms with Gasteiger partial charge in [0.2, 0.25) is 6.79 Å². The molecule has 1 saturated heterocycles. The van der Waals surface area contributed by atoms with E-state index in [1.807, 2.05) is 36.4 Å². The van der Waals surface area contributed by atoms with Crippen LogP contribution in [0.25, 0.3) is 6.08 Å². The molecule has 1 fully saturated rings.